The minimum atomic E-state index is 0.271. The zero-order valence-corrected chi connectivity index (χ0v) is 7.49. The Bertz CT molecular complexity index is 488. The summed E-state index contributed by atoms with van der Waals surface area (Å²) in [4.78, 5) is 2.81. The average molecular weight is 201 g/mol. The maximum Gasteiger partial charge on any atom is 0.212 e. The second-order valence-electron chi connectivity index (χ2n) is 2.40. The molecular weight excluding hydrogens is 196 g/mol. The molecule has 0 radical (unpaired) electrons. The number of aromatic nitrogens is 2. The van der Waals surface area contributed by atoms with Gasteiger partial charge in [0.1, 0.15) is 5.52 Å². The third kappa shape index (κ3) is 1.00. The van der Waals surface area contributed by atoms with Crippen LogP contribution in [0.5, 0.6) is 0 Å². The molecule has 2 rings (SSSR count). The van der Waals surface area contributed by atoms with Gasteiger partial charge in [0.2, 0.25) is 4.77 Å². The van der Waals surface area contributed by atoms with E-state index in [-0.39, 0.29) is 4.77 Å². The van der Waals surface area contributed by atoms with Gasteiger partial charge in [0.25, 0.3) is 0 Å². The second-order valence-corrected chi connectivity index (χ2v) is 3.23. The van der Waals surface area contributed by atoms with Crippen molar-refractivity contribution in [3.8, 4) is 0 Å². The Hall–Kier alpha value is -1.00. The number of aromatic amines is 1. The summed E-state index contributed by atoms with van der Waals surface area (Å²) in [6, 6.07) is 5.10. The van der Waals surface area contributed by atoms with Gasteiger partial charge in [-0.15, -0.1) is 0 Å². The van der Waals surface area contributed by atoms with E-state index in [0.717, 1.165) is 10.2 Å². The molecule has 0 unspecified atom stereocenters. The van der Waals surface area contributed by atoms with Gasteiger partial charge < -0.3 is 10.2 Å². The van der Waals surface area contributed by atoms with E-state index in [1.54, 1.807) is 18.2 Å². The van der Waals surface area contributed by atoms with Gasteiger partial charge in [-0.05, 0) is 30.4 Å². The minimum absolute atomic E-state index is 0.271. The normalized spacial score (nSPS) is 10.8. The van der Waals surface area contributed by atoms with Crippen LogP contribution in [0.25, 0.3) is 11.0 Å². The van der Waals surface area contributed by atoms with Crippen LogP contribution in [0.1, 0.15) is 0 Å². The first-order chi connectivity index (χ1) is 5.68. The fraction of sp³-hybridized carbons (Fsp3) is 0. The quantitative estimate of drug-likeness (QED) is 0.507. The Labute approximate surface area is 78.2 Å². The lowest BCUT2D eigenvalue weighted by Crippen LogP contribution is -1.87. The minimum Gasteiger partial charge on any atom is -0.426 e. The van der Waals surface area contributed by atoms with E-state index in [4.69, 9.17) is 23.8 Å². The highest BCUT2D eigenvalue weighted by molar-refractivity contribution is 7.71. The lowest BCUT2D eigenvalue weighted by atomic mass is 10.3. The van der Waals surface area contributed by atoms with Crippen LogP contribution < -0.4 is 0 Å². The fourth-order valence-corrected chi connectivity index (χ4v) is 1.45. The van der Waals surface area contributed by atoms with Crippen LogP contribution in [-0.2, 0) is 0 Å². The number of rotatable bonds is 0. The Morgan fingerprint density at radius 2 is 2.25 bits per heavy atom. The van der Waals surface area contributed by atoms with E-state index in [1.807, 2.05) is 0 Å². The maximum absolute atomic E-state index is 9.33. The summed E-state index contributed by atoms with van der Waals surface area (Å²) in [5, 5.41) is 9.94. The molecule has 0 aliphatic carbocycles. The number of hydrogen-bond acceptors (Lipinski definition) is 2. The van der Waals surface area contributed by atoms with Crippen LogP contribution in [0.15, 0.2) is 18.2 Å². The standard InChI is InChI=1S/C7H5ClN2OS/c8-4-1-2-6-5(3-4)9-7(12)10(6)11/h1-3,11H,(H,9,12). The molecule has 0 amide bonds. The molecule has 2 N–H and O–H groups in total. The van der Waals surface area contributed by atoms with Gasteiger partial charge in [-0.2, -0.15) is 4.73 Å². The van der Waals surface area contributed by atoms with E-state index in [1.165, 1.54) is 0 Å². The Morgan fingerprint density at radius 3 is 3.00 bits per heavy atom. The molecule has 0 spiro atoms. The third-order valence-electron chi connectivity index (χ3n) is 1.62. The van der Waals surface area contributed by atoms with Crippen molar-refractivity contribution in [1.29, 1.82) is 0 Å². The predicted octanol–water partition coefficient (Wildman–Crippen LogP) is 2.59. The summed E-state index contributed by atoms with van der Waals surface area (Å²) < 4.78 is 1.19. The largest absolute Gasteiger partial charge is 0.426 e. The fourth-order valence-electron chi connectivity index (χ4n) is 1.07. The number of H-pyrrole nitrogens is 1. The smallest absolute Gasteiger partial charge is 0.212 e. The number of halogens is 1. The third-order valence-corrected chi connectivity index (χ3v) is 2.13. The van der Waals surface area contributed by atoms with Crippen molar-refractivity contribution >= 4 is 34.9 Å². The number of nitrogens with one attached hydrogen (secondary N) is 1. The van der Waals surface area contributed by atoms with Gasteiger partial charge in [0, 0.05) is 5.02 Å². The van der Waals surface area contributed by atoms with Gasteiger partial charge >= 0.3 is 0 Å². The summed E-state index contributed by atoms with van der Waals surface area (Å²) in [6.45, 7) is 0. The first-order valence-electron chi connectivity index (χ1n) is 3.28. The van der Waals surface area contributed by atoms with Crippen molar-refractivity contribution in [2.24, 2.45) is 0 Å². The molecule has 2 aromatic rings. The number of hydrogen-bond donors (Lipinski definition) is 2. The number of fused-ring (bicyclic) bond motifs is 1. The number of nitrogens with zero attached hydrogens (tertiary/aromatic N) is 1. The van der Waals surface area contributed by atoms with Crippen molar-refractivity contribution < 1.29 is 5.21 Å². The maximum atomic E-state index is 9.33. The summed E-state index contributed by atoms with van der Waals surface area (Å²) in [7, 11) is 0. The molecule has 1 heterocycles. The summed E-state index contributed by atoms with van der Waals surface area (Å²) in [6.07, 6.45) is 0. The van der Waals surface area contributed by atoms with E-state index in [0.29, 0.717) is 10.5 Å². The Morgan fingerprint density at radius 1 is 1.50 bits per heavy atom. The molecule has 3 nitrogen and oxygen atoms in total. The summed E-state index contributed by atoms with van der Waals surface area (Å²) >= 11 is 10.5. The first-order valence-corrected chi connectivity index (χ1v) is 4.06. The molecule has 5 heteroatoms. The molecule has 1 aromatic carbocycles. The van der Waals surface area contributed by atoms with Gasteiger partial charge in [0.05, 0.1) is 5.52 Å². The van der Waals surface area contributed by atoms with E-state index in [2.05, 4.69) is 4.98 Å². The van der Waals surface area contributed by atoms with Crippen molar-refractivity contribution in [3.05, 3.63) is 28.0 Å². The van der Waals surface area contributed by atoms with Gasteiger partial charge in [-0.25, -0.2) is 0 Å². The molecule has 0 fully saturated rings. The Kier molecular flexibility index (Phi) is 1.59. The van der Waals surface area contributed by atoms with Crippen LogP contribution >= 0.6 is 23.8 Å². The van der Waals surface area contributed by atoms with Crippen LogP contribution in [0.3, 0.4) is 0 Å². The molecule has 1 aromatic heterocycles. The SMILES string of the molecule is On1c(=S)[nH]c2cc(Cl)ccc21. The van der Waals surface area contributed by atoms with Crippen LogP contribution in [0, 0.1) is 4.77 Å². The lowest BCUT2D eigenvalue weighted by Gasteiger charge is -1.92. The highest BCUT2D eigenvalue weighted by Crippen LogP contribution is 2.17. The van der Waals surface area contributed by atoms with Crippen molar-refractivity contribution in [2.75, 3.05) is 0 Å². The monoisotopic (exact) mass is 200 g/mol. The lowest BCUT2D eigenvalue weighted by molar-refractivity contribution is 0.194. The van der Waals surface area contributed by atoms with Crippen molar-refractivity contribution in [2.45, 2.75) is 0 Å². The van der Waals surface area contributed by atoms with Crippen molar-refractivity contribution in [1.82, 2.24) is 9.71 Å². The highest BCUT2D eigenvalue weighted by Gasteiger charge is 2.01. The molecule has 0 bridgehead atoms. The molecule has 0 saturated heterocycles. The molecule has 0 atom stereocenters. The highest BCUT2D eigenvalue weighted by atomic mass is 35.5. The molecule has 12 heavy (non-hydrogen) atoms. The molecular formula is C7H5ClN2OS. The van der Waals surface area contributed by atoms with Crippen LogP contribution in [-0.4, -0.2) is 14.9 Å². The van der Waals surface area contributed by atoms with Crippen molar-refractivity contribution in [3.63, 3.8) is 0 Å². The zero-order valence-electron chi connectivity index (χ0n) is 5.91. The van der Waals surface area contributed by atoms with Gasteiger partial charge in [-0.3, -0.25) is 0 Å². The predicted molar refractivity (Wildman–Crippen MR) is 49.3 cm³/mol. The molecule has 0 aliphatic heterocycles. The molecule has 0 aliphatic rings. The summed E-state index contributed by atoms with van der Waals surface area (Å²) in [5.74, 6) is 0. The van der Waals surface area contributed by atoms with E-state index >= 15 is 0 Å². The summed E-state index contributed by atoms with van der Waals surface area (Å²) in [5.41, 5.74) is 1.36. The average Bonchev–Trinajstić information content (AvgIpc) is 2.28. The second kappa shape index (κ2) is 2.50. The Balaban J connectivity index is 2.96. The van der Waals surface area contributed by atoms with Crippen LogP contribution in [0.2, 0.25) is 5.02 Å². The topological polar surface area (TPSA) is 41.0 Å². The number of imidazole rings is 1. The first kappa shape index (κ1) is 7.64. The molecule has 62 valence electrons. The molecule has 0 saturated carbocycles. The van der Waals surface area contributed by atoms with Gasteiger partial charge in [0.15, 0.2) is 0 Å². The van der Waals surface area contributed by atoms with E-state index < -0.39 is 0 Å². The van der Waals surface area contributed by atoms with Crippen LogP contribution in [0.4, 0.5) is 0 Å². The van der Waals surface area contributed by atoms with Gasteiger partial charge in [-0.1, -0.05) is 11.6 Å². The zero-order chi connectivity index (χ0) is 8.72. The van der Waals surface area contributed by atoms with E-state index in [9.17, 15) is 5.21 Å². The number of benzene rings is 1.